The molecule has 0 amide bonds. The lowest BCUT2D eigenvalue weighted by Crippen LogP contribution is -2.39. The van der Waals surface area contributed by atoms with Gasteiger partial charge in [0.15, 0.2) is 0 Å². The SMILES string of the molecule is CC[C@@H](C(=O)O)N1CC[C@@H](CF)C1. The molecule has 0 saturated carbocycles. The van der Waals surface area contributed by atoms with E-state index in [1.807, 2.05) is 11.8 Å². The maximum absolute atomic E-state index is 12.3. The maximum atomic E-state index is 12.3. The maximum Gasteiger partial charge on any atom is 0.320 e. The van der Waals surface area contributed by atoms with Gasteiger partial charge >= 0.3 is 5.97 Å². The molecule has 0 aromatic heterocycles. The largest absolute Gasteiger partial charge is 0.480 e. The summed E-state index contributed by atoms with van der Waals surface area (Å²) in [5.74, 6) is -0.740. The Hall–Kier alpha value is -0.640. The second kappa shape index (κ2) is 4.56. The molecule has 76 valence electrons. The number of halogens is 1. The molecule has 0 aliphatic carbocycles. The third-order valence-electron chi connectivity index (χ3n) is 2.65. The van der Waals surface area contributed by atoms with Gasteiger partial charge in [0.2, 0.25) is 0 Å². The second-order valence-corrected chi connectivity index (χ2v) is 3.57. The summed E-state index contributed by atoms with van der Waals surface area (Å²) in [6.07, 6.45) is 1.38. The Labute approximate surface area is 77.5 Å². The Bertz CT molecular complexity index is 186. The zero-order valence-electron chi connectivity index (χ0n) is 7.87. The van der Waals surface area contributed by atoms with E-state index in [9.17, 15) is 9.18 Å². The number of likely N-dealkylation sites (tertiary alicyclic amines) is 1. The molecule has 3 nitrogen and oxygen atoms in total. The lowest BCUT2D eigenvalue weighted by atomic mass is 10.1. The molecule has 0 radical (unpaired) electrons. The van der Waals surface area contributed by atoms with Gasteiger partial charge in [0.25, 0.3) is 0 Å². The Morgan fingerprint density at radius 2 is 2.46 bits per heavy atom. The first-order valence-electron chi connectivity index (χ1n) is 4.71. The van der Waals surface area contributed by atoms with Gasteiger partial charge in [-0.25, -0.2) is 0 Å². The summed E-state index contributed by atoms with van der Waals surface area (Å²) in [4.78, 5) is 12.6. The fourth-order valence-electron chi connectivity index (χ4n) is 1.86. The summed E-state index contributed by atoms with van der Waals surface area (Å²) in [6, 6.07) is -0.420. The molecule has 0 spiro atoms. The fourth-order valence-corrected chi connectivity index (χ4v) is 1.86. The van der Waals surface area contributed by atoms with Gasteiger partial charge in [0.05, 0.1) is 6.67 Å². The number of hydrogen-bond donors (Lipinski definition) is 1. The number of aliphatic carboxylic acids is 1. The minimum Gasteiger partial charge on any atom is -0.480 e. The van der Waals surface area contributed by atoms with Crippen LogP contribution in [0.3, 0.4) is 0 Å². The first-order chi connectivity index (χ1) is 6.19. The van der Waals surface area contributed by atoms with E-state index in [-0.39, 0.29) is 12.6 Å². The van der Waals surface area contributed by atoms with Crippen molar-refractivity contribution in [1.82, 2.24) is 4.90 Å². The predicted octanol–water partition coefficient (Wildman–Crippen LogP) is 1.14. The monoisotopic (exact) mass is 189 g/mol. The third-order valence-corrected chi connectivity index (χ3v) is 2.65. The number of carbonyl (C=O) groups is 1. The average Bonchev–Trinajstić information content (AvgIpc) is 2.53. The van der Waals surface area contributed by atoms with Gasteiger partial charge in [-0.3, -0.25) is 14.1 Å². The van der Waals surface area contributed by atoms with E-state index in [0.29, 0.717) is 13.0 Å². The van der Waals surface area contributed by atoms with Crippen molar-refractivity contribution in [2.75, 3.05) is 19.8 Å². The van der Waals surface area contributed by atoms with Crippen LogP contribution in [0.2, 0.25) is 0 Å². The number of alkyl halides is 1. The predicted molar refractivity (Wildman–Crippen MR) is 47.4 cm³/mol. The van der Waals surface area contributed by atoms with Gasteiger partial charge in [-0.2, -0.15) is 0 Å². The van der Waals surface area contributed by atoms with Crippen molar-refractivity contribution in [3.8, 4) is 0 Å². The van der Waals surface area contributed by atoms with Crippen LogP contribution in [0.5, 0.6) is 0 Å². The summed E-state index contributed by atoms with van der Waals surface area (Å²) < 4.78 is 12.3. The quantitative estimate of drug-likeness (QED) is 0.721. The van der Waals surface area contributed by atoms with Crippen LogP contribution in [0.4, 0.5) is 4.39 Å². The zero-order chi connectivity index (χ0) is 9.84. The van der Waals surface area contributed by atoms with Crippen molar-refractivity contribution < 1.29 is 14.3 Å². The standard InChI is InChI=1S/C9H16FNO2/c1-2-8(9(12)13)11-4-3-7(5-10)6-11/h7-8H,2-6H2,1H3,(H,12,13)/t7-,8-/m0/s1. The molecule has 0 aromatic carbocycles. The highest BCUT2D eigenvalue weighted by molar-refractivity contribution is 5.73. The van der Waals surface area contributed by atoms with Crippen LogP contribution in [-0.2, 0) is 4.79 Å². The molecule has 1 fully saturated rings. The van der Waals surface area contributed by atoms with E-state index < -0.39 is 12.0 Å². The fraction of sp³-hybridized carbons (Fsp3) is 0.889. The summed E-state index contributed by atoms with van der Waals surface area (Å²) in [5.41, 5.74) is 0. The average molecular weight is 189 g/mol. The third kappa shape index (κ3) is 2.40. The molecule has 4 heteroatoms. The highest BCUT2D eigenvalue weighted by Gasteiger charge is 2.30. The van der Waals surface area contributed by atoms with Gasteiger partial charge in [-0.1, -0.05) is 6.92 Å². The summed E-state index contributed by atoms with van der Waals surface area (Å²) in [6.45, 7) is 2.84. The van der Waals surface area contributed by atoms with Crippen LogP contribution >= 0.6 is 0 Å². The topological polar surface area (TPSA) is 40.5 Å². The van der Waals surface area contributed by atoms with Crippen LogP contribution in [0.15, 0.2) is 0 Å². The first-order valence-corrected chi connectivity index (χ1v) is 4.71. The molecule has 1 aliphatic heterocycles. The molecular formula is C9H16FNO2. The molecule has 2 atom stereocenters. The van der Waals surface area contributed by atoms with Crippen molar-refractivity contribution >= 4 is 5.97 Å². The molecule has 13 heavy (non-hydrogen) atoms. The lowest BCUT2D eigenvalue weighted by Gasteiger charge is -2.22. The highest BCUT2D eigenvalue weighted by Crippen LogP contribution is 2.20. The van der Waals surface area contributed by atoms with Gasteiger partial charge in [-0.05, 0) is 19.4 Å². The summed E-state index contributed by atoms with van der Waals surface area (Å²) >= 11 is 0. The molecular weight excluding hydrogens is 173 g/mol. The molecule has 1 N–H and O–H groups in total. The molecule has 0 aromatic rings. The van der Waals surface area contributed by atoms with Gasteiger partial charge < -0.3 is 5.11 Å². The van der Waals surface area contributed by atoms with E-state index >= 15 is 0 Å². The molecule has 0 bridgehead atoms. The van der Waals surface area contributed by atoms with Crippen LogP contribution < -0.4 is 0 Å². The van der Waals surface area contributed by atoms with Crippen molar-refractivity contribution in [3.63, 3.8) is 0 Å². The minimum atomic E-state index is -0.790. The Morgan fingerprint density at radius 1 is 1.77 bits per heavy atom. The highest BCUT2D eigenvalue weighted by atomic mass is 19.1. The van der Waals surface area contributed by atoms with Crippen LogP contribution in [0.25, 0.3) is 0 Å². The van der Waals surface area contributed by atoms with Gasteiger partial charge in [0.1, 0.15) is 6.04 Å². The van der Waals surface area contributed by atoms with Crippen molar-refractivity contribution in [2.24, 2.45) is 5.92 Å². The van der Waals surface area contributed by atoms with E-state index in [1.54, 1.807) is 0 Å². The van der Waals surface area contributed by atoms with Crippen molar-refractivity contribution in [2.45, 2.75) is 25.8 Å². The summed E-state index contributed by atoms with van der Waals surface area (Å²) in [7, 11) is 0. The number of rotatable bonds is 4. The van der Waals surface area contributed by atoms with Gasteiger partial charge in [0, 0.05) is 12.5 Å². The van der Waals surface area contributed by atoms with Crippen LogP contribution in [0.1, 0.15) is 19.8 Å². The summed E-state index contributed by atoms with van der Waals surface area (Å²) in [5, 5.41) is 8.86. The van der Waals surface area contributed by atoms with Crippen molar-refractivity contribution in [3.05, 3.63) is 0 Å². The van der Waals surface area contributed by atoms with Crippen molar-refractivity contribution in [1.29, 1.82) is 0 Å². The molecule has 0 unspecified atom stereocenters. The molecule has 1 rings (SSSR count). The van der Waals surface area contributed by atoms with E-state index in [1.165, 1.54) is 0 Å². The zero-order valence-corrected chi connectivity index (χ0v) is 7.87. The molecule has 1 saturated heterocycles. The number of hydrogen-bond acceptors (Lipinski definition) is 2. The molecule has 1 heterocycles. The smallest absolute Gasteiger partial charge is 0.320 e. The van der Waals surface area contributed by atoms with E-state index in [4.69, 9.17) is 5.11 Å². The van der Waals surface area contributed by atoms with E-state index in [2.05, 4.69) is 0 Å². The Balaban J connectivity index is 2.48. The van der Waals surface area contributed by atoms with Gasteiger partial charge in [-0.15, -0.1) is 0 Å². The normalized spacial score (nSPS) is 26.2. The number of carboxylic acids is 1. The molecule has 1 aliphatic rings. The second-order valence-electron chi connectivity index (χ2n) is 3.57. The Morgan fingerprint density at radius 3 is 2.85 bits per heavy atom. The Kier molecular flexibility index (Phi) is 3.66. The number of carboxylic acid groups (broad SMARTS) is 1. The minimum absolute atomic E-state index is 0.0494. The van der Waals surface area contributed by atoms with Crippen LogP contribution in [0, 0.1) is 5.92 Å². The first kappa shape index (κ1) is 10.4. The number of nitrogens with zero attached hydrogens (tertiary/aromatic N) is 1. The van der Waals surface area contributed by atoms with E-state index in [0.717, 1.165) is 13.0 Å². The van der Waals surface area contributed by atoms with Crippen LogP contribution in [-0.4, -0.2) is 41.8 Å². The lowest BCUT2D eigenvalue weighted by molar-refractivity contribution is -0.143.